The molecule has 5 rings (SSSR count). The van der Waals surface area contributed by atoms with Gasteiger partial charge in [-0.15, -0.1) is 0 Å². The second kappa shape index (κ2) is 7.97. The Balaban J connectivity index is 1.77. The van der Waals surface area contributed by atoms with Gasteiger partial charge in [-0.2, -0.15) is 5.10 Å². The number of aromatic nitrogens is 6. The summed E-state index contributed by atoms with van der Waals surface area (Å²) in [5.74, 6) is -1.42. The third kappa shape index (κ3) is 3.72. The highest BCUT2D eigenvalue weighted by molar-refractivity contribution is 6.31. The van der Waals surface area contributed by atoms with Crippen LogP contribution >= 0.6 is 11.6 Å². The molecule has 0 aliphatic carbocycles. The van der Waals surface area contributed by atoms with Gasteiger partial charge >= 0.3 is 0 Å². The first kappa shape index (κ1) is 21.1. The zero-order valence-corrected chi connectivity index (χ0v) is 18.7. The third-order valence-electron chi connectivity index (χ3n) is 5.39. The first-order chi connectivity index (χ1) is 15.8. The van der Waals surface area contributed by atoms with E-state index in [-0.39, 0.29) is 11.3 Å². The van der Waals surface area contributed by atoms with E-state index >= 15 is 0 Å². The van der Waals surface area contributed by atoms with E-state index < -0.39 is 16.7 Å². The summed E-state index contributed by atoms with van der Waals surface area (Å²) in [5.41, 5.74) is 4.75. The van der Waals surface area contributed by atoms with Crippen LogP contribution in [-0.4, -0.2) is 29.7 Å². The van der Waals surface area contributed by atoms with Crippen molar-refractivity contribution in [3.05, 3.63) is 76.8 Å². The lowest BCUT2D eigenvalue weighted by Crippen LogP contribution is -2.03. The molecule has 9 heteroatoms. The molecule has 0 unspecified atom stereocenters. The summed E-state index contributed by atoms with van der Waals surface area (Å²) < 4.78 is 30.5. The number of halogens is 3. The van der Waals surface area contributed by atoms with E-state index in [4.69, 9.17) is 11.6 Å². The first-order valence-electron chi connectivity index (χ1n) is 10.1. The normalized spacial score (nSPS) is 11.3. The Hall–Kier alpha value is -3.78. The number of hydrogen-bond donors (Lipinski definition) is 0. The Morgan fingerprint density at radius 1 is 0.879 bits per heavy atom. The van der Waals surface area contributed by atoms with Crippen molar-refractivity contribution >= 4 is 22.8 Å². The maximum Gasteiger partial charge on any atom is 0.182 e. The Bertz CT molecular complexity index is 1550. The van der Waals surface area contributed by atoms with Crippen molar-refractivity contribution < 1.29 is 8.78 Å². The minimum absolute atomic E-state index is 0.0241. The predicted octanol–water partition coefficient (Wildman–Crippen LogP) is 5.70. The molecule has 5 aromatic rings. The molecule has 2 aromatic carbocycles. The van der Waals surface area contributed by atoms with Gasteiger partial charge in [0.05, 0.1) is 17.6 Å². The molecule has 3 heterocycles. The van der Waals surface area contributed by atoms with Crippen LogP contribution in [-0.2, 0) is 7.05 Å². The van der Waals surface area contributed by atoms with Crippen LogP contribution in [0.2, 0.25) is 5.02 Å². The van der Waals surface area contributed by atoms with Gasteiger partial charge in [-0.1, -0.05) is 29.8 Å². The van der Waals surface area contributed by atoms with Gasteiger partial charge in [0.15, 0.2) is 17.3 Å². The van der Waals surface area contributed by atoms with Crippen molar-refractivity contribution in [3.63, 3.8) is 0 Å². The monoisotopic (exact) mass is 462 g/mol. The van der Waals surface area contributed by atoms with E-state index in [1.54, 1.807) is 17.8 Å². The van der Waals surface area contributed by atoms with E-state index in [9.17, 15) is 8.78 Å². The van der Waals surface area contributed by atoms with Gasteiger partial charge in [0.2, 0.25) is 0 Å². The van der Waals surface area contributed by atoms with Crippen LogP contribution in [0, 0.1) is 25.5 Å². The number of aryl methyl sites for hydroxylation is 3. The molecule has 3 aromatic heterocycles. The minimum Gasteiger partial charge on any atom is -0.275 e. The molecule has 0 aliphatic heterocycles. The van der Waals surface area contributed by atoms with E-state index in [0.29, 0.717) is 33.9 Å². The van der Waals surface area contributed by atoms with Crippen molar-refractivity contribution in [1.82, 2.24) is 29.7 Å². The van der Waals surface area contributed by atoms with E-state index in [0.717, 1.165) is 17.2 Å². The van der Waals surface area contributed by atoms with Crippen molar-refractivity contribution in [2.45, 2.75) is 13.8 Å². The van der Waals surface area contributed by atoms with Gasteiger partial charge in [-0.05, 0) is 37.6 Å². The molecule has 0 saturated carbocycles. The maximum atomic E-state index is 15.0. The number of hydrogen-bond acceptors (Lipinski definition) is 5. The number of rotatable bonds is 3. The third-order valence-corrected chi connectivity index (χ3v) is 5.74. The lowest BCUT2D eigenvalue weighted by atomic mass is 10.0. The van der Waals surface area contributed by atoms with Gasteiger partial charge < -0.3 is 0 Å². The molecule has 33 heavy (non-hydrogen) atoms. The van der Waals surface area contributed by atoms with Crippen molar-refractivity contribution in [2.24, 2.45) is 7.05 Å². The largest absolute Gasteiger partial charge is 0.275 e. The predicted molar refractivity (Wildman–Crippen MR) is 123 cm³/mol. The van der Waals surface area contributed by atoms with Crippen LogP contribution in [0.3, 0.4) is 0 Å². The summed E-state index contributed by atoms with van der Waals surface area (Å²) >= 11 is 5.85. The minimum atomic E-state index is -0.910. The summed E-state index contributed by atoms with van der Waals surface area (Å²) in [5, 5.41) is 3.61. The summed E-state index contributed by atoms with van der Waals surface area (Å²) in [6, 6.07) is 10.0. The summed E-state index contributed by atoms with van der Waals surface area (Å²) in [6.07, 6.45) is 3.67. The Morgan fingerprint density at radius 3 is 2.39 bits per heavy atom. The van der Waals surface area contributed by atoms with Crippen LogP contribution in [0.4, 0.5) is 8.78 Å². The molecule has 0 spiro atoms. The Kier molecular flexibility index (Phi) is 5.09. The molecule has 6 nitrogen and oxygen atoms in total. The van der Waals surface area contributed by atoms with Crippen LogP contribution in [0.15, 0.2) is 48.8 Å². The second-order valence-electron chi connectivity index (χ2n) is 7.67. The van der Waals surface area contributed by atoms with E-state index in [2.05, 4.69) is 25.0 Å². The topological polar surface area (TPSA) is 69.4 Å². The van der Waals surface area contributed by atoms with Crippen LogP contribution in [0.1, 0.15) is 11.4 Å². The van der Waals surface area contributed by atoms with Gasteiger partial charge in [-0.25, -0.2) is 28.7 Å². The molecule has 0 saturated heterocycles. The molecule has 164 valence electrons. The first-order valence-corrected chi connectivity index (χ1v) is 10.5. The fraction of sp³-hybridized carbons (Fsp3) is 0.125. The quantitative estimate of drug-likeness (QED) is 0.321. The van der Waals surface area contributed by atoms with Crippen LogP contribution < -0.4 is 0 Å². The average Bonchev–Trinajstić information content (AvgIpc) is 3.24. The molecule has 0 bridgehead atoms. The van der Waals surface area contributed by atoms with Crippen molar-refractivity contribution in [2.75, 3.05) is 0 Å². The highest BCUT2D eigenvalue weighted by Gasteiger charge is 2.21. The fourth-order valence-corrected chi connectivity index (χ4v) is 3.71. The molecule has 0 aliphatic rings. The fourth-order valence-electron chi connectivity index (χ4n) is 3.55. The SMILES string of the molecule is Cc1nc2nc(-c3cccc(-c4cnn(C)c4)c3)nc(-c3ccc(F)c(Cl)c3F)c2nc1C. The molecule has 0 N–H and O–H groups in total. The van der Waals surface area contributed by atoms with Gasteiger partial charge in [0, 0.05) is 29.9 Å². The average molecular weight is 463 g/mol. The number of benzene rings is 2. The van der Waals surface area contributed by atoms with E-state index in [1.807, 2.05) is 44.4 Å². The lowest BCUT2D eigenvalue weighted by Gasteiger charge is -2.12. The number of fused-ring (bicyclic) bond motifs is 1. The zero-order chi connectivity index (χ0) is 23.3. The van der Waals surface area contributed by atoms with Gasteiger partial charge in [-0.3, -0.25) is 4.68 Å². The van der Waals surface area contributed by atoms with Gasteiger partial charge in [0.25, 0.3) is 0 Å². The van der Waals surface area contributed by atoms with E-state index in [1.165, 1.54) is 6.07 Å². The molecular weight excluding hydrogens is 446 g/mol. The van der Waals surface area contributed by atoms with Crippen LogP contribution in [0.5, 0.6) is 0 Å². The van der Waals surface area contributed by atoms with Crippen molar-refractivity contribution in [1.29, 1.82) is 0 Å². The lowest BCUT2D eigenvalue weighted by molar-refractivity contribution is 0.586. The highest BCUT2D eigenvalue weighted by atomic mass is 35.5. The van der Waals surface area contributed by atoms with Crippen molar-refractivity contribution in [3.8, 4) is 33.8 Å². The Labute approximate surface area is 192 Å². The highest BCUT2D eigenvalue weighted by Crippen LogP contribution is 2.34. The van der Waals surface area contributed by atoms with Crippen LogP contribution in [0.25, 0.3) is 44.9 Å². The number of nitrogens with zero attached hydrogens (tertiary/aromatic N) is 6. The standard InChI is InChI=1S/C24H17ClF2N6/c1-12-13(2)30-24-22(29-12)21(17-7-8-18(26)19(25)20(17)27)31-23(32-24)15-6-4-5-14(9-15)16-10-28-33(3)11-16/h4-11H,1-3H3. The second-order valence-corrected chi connectivity index (χ2v) is 8.05. The molecule has 0 radical (unpaired) electrons. The summed E-state index contributed by atoms with van der Waals surface area (Å²) in [7, 11) is 1.84. The molecular formula is C24H17ClF2N6. The van der Waals surface area contributed by atoms with Gasteiger partial charge in [0.1, 0.15) is 22.1 Å². The molecule has 0 fully saturated rings. The molecule has 0 atom stereocenters. The molecule has 0 amide bonds. The maximum absolute atomic E-state index is 15.0. The Morgan fingerprint density at radius 2 is 1.64 bits per heavy atom. The zero-order valence-electron chi connectivity index (χ0n) is 17.9. The summed E-state index contributed by atoms with van der Waals surface area (Å²) in [4.78, 5) is 18.3. The smallest absolute Gasteiger partial charge is 0.182 e. The summed E-state index contributed by atoms with van der Waals surface area (Å²) in [6.45, 7) is 3.62.